The van der Waals surface area contributed by atoms with Crippen molar-refractivity contribution in [3.8, 4) is 16.9 Å². The number of hydrogen-bond acceptors (Lipinski definition) is 3. The van der Waals surface area contributed by atoms with Crippen LogP contribution >= 0.6 is 0 Å². The van der Waals surface area contributed by atoms with Crippen LogP contribution in [0.25, 0.3) is 11.1 Å². The van der Waals surface area contributed by atoms with Crippen LogP contribution in [0.2, 0.25) is 0 Å². The summed E-state index contributed by atoms with van der Waals surface area (Å²) in [5, 5.41) is 2.90. The summed E-state index contributed by atoms with van der Waals surface area (Å²) in [6.07, 6.45) is 0. The molecule has 0 aromatic heterocycles. The highest BCUT2D eigenvalue weighted by atomic mass is 16.5. The minimum atomic E-state index is -0.162. The van der Waals surface area contributed by atoms with E-state index in [1.165, 1.54) is 0 Å². The molecule has 4 nitrogen and oxygen atoms in total. The molecule has 3 rings (SSSR count). The molecule has 25 heavy (non-hydrogen) atoms. The van der Waals surface area contributed by atoms with E-state index in [9.17, 15) is 4.79 Å². The molecule has 3 N–H and O–H groups in total. The third-order valence-corrected chi connectivity index (χ3v) is 3.97. The standard InChI is InChI=1S/C21H20N2O2/c1-25-20-11-10-17(21(24)23-18-8-3-2-4-9-18)13-19(20)16-7-5-6-15(12-16)14-22/h2-13H,14,22H2,1H3,(H,23,24). The number of nitrogens with two attached hydrogens (primary N) is 1. The van der Waals surface area contributed by atoms with E-state index < -0.39 is 0 Å². The predicted octanol–water partition coefficient (Wildman–Crippen LogP) is 4.07. The zero-order valence-corrected chi connectivity index (χ0v) is 14.0. The van der Waals surface area contributed by atoms with Gasteiger partial charge in [-0.2, -0.15) is 0 Å². The number of ether oxygens (including phenoxy) is 1. The van der Waals surface area contributed by atoms with Gasteiger partial charge in [-0.25, -0.2) is 0 Å². The SMILES string of the molecule is COc1ccc(C(=O)Nc2ccccc2)cc1-c1cccc(CN)c1. The van der Waals surface area contributed by atoms with Crippen LogP contribution in [-0.2, 0) is 6.54 Å². The van der Waals surface area contributed by atoms with Gasteiger partial charge in [-0.3, -0.25) is 4.79 Å². The van der Waals surface area contributed by atoms with E-state index in [1.807, 2.05) is 66.7 Å². The second kappa shape index (κ2) is 7.64. The summed E-state index contributed by atoms with van der Waals surface area (Å²) in [6, 6.07) is 22.7. The van der Waals surface area contributed by atoms with Crippen LogP contribution < -0.4 is 15.8 Å². The number of hydrogen-bond donors (Lipinski definition) is 2. The van der Waals surface area contributed by atoms with Crippen molar-refractivity contribution in [2.24, 2.45) is 5.73 Å². The summed E-state index contributed by atoms with van der Waals surface area (Å²) in [7, 11) is 1.62. The van der Waals surface area contributed by atoms with Crippen LogP contribution in [0, 0.1) is 0 Å². The Morgan fingerprint density at radius 2 is 1.80 bits per heavy atom. The first kappa shape index (κ1) is 16.7. The van der Waals surface area contributed by atoms with E-state index in [0.29, 0.717) is 17.9 Å². The molecule has 126 valence electrons. The van der Waals surface area contributed by atoms with E-state index in [0.717, 1.165) is 22.4 Å². The maximum atomic E-state index is 12.5. The van der Waals surface area contributed by atoms with Crippen molar-refractivity contribution < 1.29 is 9.53 Å². The molecule has 3 aromatic rings. The van der Waals surface area contributed by atoms with Crippen molar-refractivity contribution in [2.75, 3.05) is 12.4 Å². The fraction of sp³-hybridized carbons (Fsp3) is 0.0952. The highest BCUT2D eigenvalue weighted by molar-refractivity contribution is 6.05. The number of nitrogens with one attached hydrogen (secondary N) is 1. The minimum absolute atomic E-state index is 0.162. The fourth-order valence-corrected chi connectivity index (χ4v) is 2.67. The summed E-state index contributed by atoms with van der Waals surface area (Å²) < 4.78 is 5.46. The second-order valence-electron chi connectivity index (χ2n) is 5.64. The lowest BCUT2D eigenvalue weighted by Gasteiger charge is -2.12. The monoisotopic (exact) mass is 332 g/mol. The normalized spacial score (nSPS) is 10.3. The average Bonchev–Trinajstić information content (AvgIpc) is 2.68. The topological polar surface area (TPSA) is 64.3 Å². The summed E-state index contributed by atoms with van der Waals surface area (Å²) in [4.78, 5) is 12.5. The van der Waals surface area contributed by atoms with Gasteiger partial charge in [0.1, 0.15) is 5.75 Å². The van der Waals surface area contributed by atoms with Gasteiger partial charge in [0, 0.05) is 23.4 Å². The van der Waals surface area contributed by atoms with Crippen molar-refractivity contribution in [1.82, 2.24) is 0 Å². The zero-order chi connectivity index (χ0) is 17.6. The lowest BCUT2D eigenvalue weighted by atomic mass is 9.99. The molecule has 3 aromatic carbocycles. The highest BCUT2D eigenvalue weighted by Crippen LogP contribution is 2.31. The molecule has 0 fully saturated rings. The van der Waals surface area contributed by atoms with Crippen LogP contribution in [0.1, 0.15) is 15.9 Å². The van der Waals surface area contributed by atoms with E-state index in [4.69, 9.17) is 10.5 Å². The van der Waals surface area contributed by atoms with Crippen LogP contribution in [0.4, 0.5) is 5.69 Å². The maximum absolute atomic E-state index is 12.5. The number of amides is 1. The molecule has 4 heteroatoms. The van der Waals surface area contributed by atoms with Crippen LogP contribution in [-0.4, -0.2) is 13.0 Å². The molecule has 0 atom stereocenters. The highest BCUT2D eigenvalue weighted by Gasteiger charge is 2.12. The van der Waals surface area contributed by atoms with Crippen molar-refractivity contribution in [2.45, 2.75) is 6.54 Å². The fourth-order valence-electron chi connectivity index (χ4n) is 2.67. The quantitative estimate of drug-likeness (QED) is 0.740. The number of anilines is 1. The Bertz CT molecular complexity index is 876. The van der Waals surface area contributed by atoms with E-state index in [-0.39, 0.29) is 5.91 Å². The van der Waals surface area contributed by atoms with E-state index >= 15 is 0 Å². The third-order valence-electron chi connectivity index (χ3n) is 3.97. The van der Waals surface area contributed by atoms with Crippen molar-refractivity contribution >= 4 is 11.6 Å². The number of methoxy groups -OCH3 is 1. The van der Waals surface area contributed by atoms with Crippen molar-refractivity contribution in [1.29, 1.82) is 0 Å². The van der Waals surface area contributed by atoms with Gasteiger partial charge in [-0.05, 0) is 47.5 Å². The first-order valence-corrected chi connectivity index (χ1v) is 8.05. The molecule has 1 amide bonds. The second-order valence-corrected chi connectivity index (χ2v) is 5.64. The third kappa shape index (κ3) is 3.87. The van der Waals surface area contributed by atoms with E-state index in [1.54, 1.807) is 13.2 Å². The van der Waals surface area contributed by atoms with E-state index in [2.05, 4.69) is 5.32 Å². The molecule has 0 spiro atoms. The Morgan fingerprint density at radius 1 is 1.00 bits per heavy atom. The number of benzene rings is 3. The predicted molar refractivity (Wildman–Crippen MR) is 101 cm³/mol. The van der Waals surface area contributed by atoms with Gasteiger partial charge in [0.2, 0.25) is 0 Å². The Hall–Kier alpha value is -3.11. The molecule has 0 heterocycles. The minimum Gasteiger partial charge on any atom is -0.496 e. The Labute approximate surface area is 147 Å². The lowest BCUT2D eigenvalue weighted by molar-refractivity contribution is 0.102. The van der Waals surface area contributed by atoms with Crippen LogP contribution in [0.15, 0.2) is 72.8 Å². The molecule has 0 aliphatic heterocycles. The maximum Gasteiger partial charge on any atom is 0.255 e. The summed E-state index contributed by atoms with van der Waals surface area (Å²) in [6.45, 7) is 0.463. The molecule has 0 aliphatic rings. The molecular formula is C21H20N2O2. The molecule has 0 saturated heterocycles. The Morgan fingerprint density at radius 3 is 2.52 bits per heavy atom. The van der Waals surface area contributed by atoms with Crippen molar-refractivity contribution in [3.05, 3.63) is 83.9 Å². The number of para-hydroxylation sites is 1. The van der Waals surface area contributed by atoms with Crippen LogP contribution in [0.3, 0.4) is 0 Å². The van der Waals surface area contributed by atoms with Gasteiger partial charge in [-0.1, -0.05) is 36.4 Å². The van der Waals surface area contributed by atoms with Gasteiger partial charge < -0.3 is 15.8 Å². The first-order valence-electron chi connectivity index (χ1n) is 8.05. The number of carbonyl (C=O) groups is 1. The molecular weight excluding hydrogens is 312 g/mol. The molecule has 0 bridgehead atoms. The number of carbonyl (C=O) groups excluding carboxylic acids is 1. The van der Waals surface area contributed by atoms with Gasteiger partial charge in [0.05, 0.1) is 7.11 Å². The van der Waals surface area contributed by atoms with Gasteiger partial charge in [0.15, 0.2) is 0 Å². The molecule has 0 unspecified atom stereocenters. The molecule has 0 radical (unpaired) electrons. The lowest BCUT2D eigenvalue weighted by Crippen LogP contribution is -2.12. The molecule has 0 saturated carbocycles. The van der Waals surface area contributed by atoms with Crippen LogP contribution in [0.5, 0.6) is 5.75 Å². The number of rotatable bonds is 5. The Balaban J connectivity index is 1.95. The Kier molecular flexibility index (Phi) is 5.11. The zero-order valence-electron chi connectivity index (χ0n) is 14.0. The largest absolute Gasteiger partial charge is 0.496 e. The van der Waals surface area contributed by atoms with Gasteiger partial charge in [-0.15, -0.1) is 0 Å². The van der Waals surface area contributed by atoms with Gasteiger partial charge >= 0.3 is 0 Å². The summed E-state index contributed by atoms with van der Waals surface area (Å²) >= 11 is 0. The van der Waals surface area contributed by atoms with Crippen molar-refractivity contribution in [3.63, 3.8) is 0 Å². The smallest absolute Gasteiger partial charge is 0.255 e. The summed E-state index contributed by atoms with van der Waals surface area (Å²) in [5.74, 6) is 0.551. The summed E-state index contributed by atoms with van der Waals surface area (Å²) in [5.41, 5.74) is 9.92. The average molecular weight is 332 g/mol. The first-order chi connectivity index (χ1) is 12.2. The molecule has 0 aliphatic carbocycles. The van der Waals surface area contributed by atoms with Gasteiger partial charge in [0.25, 0.3) is 5.91 Å².